The molecule has 1 unspecified atom stereocenters. The van der Waals surface area contributed by atoms with Crippen molar-refractivity contribution in [2.45, 2.75) is 18.5 Å². The van der Waals surface area contributed by atoms with Crippen LogP contribution in [0.5, 0.6) is 0 Å². The number of anilines is 1. The third-order valence-electron chi connectivity index (χ3n) is 2.50. The molecule has 1 atom stereocenters. The quantitative estimate of drug-likeness (QED) is 0.748. The summed E-state index contributed by atoms with van der Waals surface area (Å²) >= 11 is 0. The minimum Gasteiger partial charge on any atom is -0.398 e. The summed E-state index contributed by atoms with van der Waals surface area (Å²) < 4.78 is 38.3. The highest BCUT2D eigenvalue weighted by Crippen LogP contribution is 2.42. The van der Waals surface area contributed by atoms with E-state index in [1.165, 1.54) is 18.2 Å². The van der Waals surface area contributed by atoms with E-state index in [4.69, 9.17) is 10.8 Å². The van der Waals surface area contributed by atoms with Crippen molar-refractivity contribution in [2.24, 2.45) is 0 Å². The number of rotatable bonds is 2. The van der Waals surface area contributed by atoms with Crippen LogP contribution in [0.15, 0.2) is 24.3 Å². The van der Waals surface area contributed by atoms with Gasteiger partial charge in [0.05, 0.1) is 6.61 Å². The Morgan fingerprint density at radius 2 is 1.80 bits per heavy atom. The van der Waals surface area contributed by atoms with Gasteiger partial charge in [-0.25, -0.2) is 0 Å². The van der Waals surface area contributed by atoms with Crippen molar-refractivity contribution < 1.29 is 18.3 Å². The van der Waals surface area contributed by atoms with E-state index < -0.39 is 18.2 Å². The molecule has 1 rings (SSSR count). The second-order valence-corrected chi connectivity index (χ2v) is 3.58. The van der Waals surface area contributed by atoms with Crippen LogP contribution >= 0.6 is 0 Å². The van der Waals surface area contributed by atoms with Crippen molar-refractivity contribution in [3.05, 3.63) is 29.8 Å². The van der Waals surface area contributed by atoms with Crippen LogP contribution < -0.4 is 5.73 Å². The first-order valence-electron chi connectivity index (χ1n) is 4.35. The van der Waals surface area contributed by atoms with Crippen LogP contribution in [-0.4, -0.2) is 17.9 Å². The highest BCUT2D eigenvalue weighted by molar-refractivity contribution is 5.51. The van der Waals surface area contributed by atoms with E-state index in [-0.39, 0.29) is 11.3 Å². The minimum absolute atomic E-state index is 0.0337. The molecular weight excluding hydrogens is 207 g/mol. The number of aliphatic hydroxyl groups is 1. The molecule has 0 radical (unpaired) electrons. The van der Waals surface area contributed by atoms with Crippen molar-refractivity contribution in [1.29, 1.82) is 0 Å². The van der Waals surface area contributed by atoms with Gasteiger partial charge in [-0.3, -0.25) is 0 Å². The molecule has 0 bridgehead atoms. The lowest BCUT2D eigenvalue weighted by atomic mass is 9.81. The second kappa shape index (κ2) is 3.73. The standard InChI is InChI=1S/C10H12F3NO/c1-9(6-15,10(11,12)13)7-4-2-3-5-8(7)14/h2-5,15H,6,14H2,1H3. The summed E-state index contributed by atoms with van der Waals surface area (Å²) in [6.07, 6.45) is -4.53. The third kappa shape index (κ3) is 1.92. The molecule has 0 aliphatic heterocycles. The number of alkyl halides is 3. The monoisotopic (exact) mass is 219 g/mol. The molecule has 0 fully saturated rings. The number of aliphatic hydroxyl groups excluding tert-OH is 1. The Balaban J connectivity index is 3.30. The molecule has 0 heterocycles. The number of nitrogen functional groups attached to an aromatic ring is 1. The van der Waals surface area contributed by atoms with Gasteiger partial charge in [-0.05, 0) is 18.6 Å². The second-order valence-electron chi connectivity index (χ2n) is 3.58. The van der Waals surface area contributed by atoms with Crippen molar-refractivity contribution in [3.8, 4) is 0 Å². The minimum atomic E-state index is -4.53. The van der Waals surface area contributed by atoms with Crippen LogP contribution in [0, 0.1) is 0 Å². The van der Waals surface area contributed by atoms with Gasteiger partial charge < -0.3 is 10.8 Å². The number of hydrogen-bond acceptors (Lipinski definition) is 2. The fourth-order valence-electron chi connectivity index (χ4n) is 1.33. The zero-order chi connectivity index (χ0) is 11.7. The van der Waals surface area contributed by atoms with E-state index in [2.05, 4.69) is 0 Å². The van der Waals surface area contributed by atoms with Crippen LogP contribution in [-0.2, 0) is 5.41 Å². The Morgan fingerprint density at radius 1 is 1.27 bits per heavy atom. The molecule has 0 aliphatic carbocycles. The summed E-state index contributed by atoms with van der Waals surface area (Å²) in [4.78, 5) is 0. The predicted molar refractivity (Wildman–Crippen MR) is 51.3 cm³/mol. The van der Waals surface area contributed by atoms with Gasteiger partial charge in [-0.1, -0.05) is 18.2 Å². The average Bonchev–Trinajstić information content (AvgIpc) is 2.15. The Hall–Kier alpha value is -1.23. The van der Waals surface area contributed by atoms with E-state index in [1.807, 2.05) is 0 Å². The zero-order valence-electron chi connectivity index (χ0n) is 8.17. The number of benzene rings is 1. The maximum absolute atomic E-state index is 12.8. The van der Waals surface area contributed by atoms with Gasteiger partial charge in [-0.15, -0.1) is 0 Å². The molecule has 0 saturated carbocycles. The maximum Gasteiger partial charge on any atom is 0.400 e. The summed E-state index contributed by atoms with van der Waals surface area (Å²) in [6.45, 7) is -0.0938. The van der Waals surface area contributed by atoms with E-state index in [1.54, 1.807) is 6.07 Å². The fraction of sp³-hybridized carbons (Fsp3) is 0.400. The van der Waals surface area contributed by atoms with Gasteiger partial charge in [0.25, 0.3) is 0 Å². The van der Waals surface area contributed by atoms with Gasteiger partial charge in [0.15, 0.2) is 0 Å². The molecule has 2 nitrogen and oxygen atoms in total. The molecule has 0 amide bonds. The van der Waals surface area contributed by atoms with Crippen molar-refractivity contribution in [2.75, 3.05) is 12.3 Å². The van der Waals surface area contributed by atoms with Crippen molar-refractivity contribution >= 4 is 5.69 Å². The van der Waals surface area contributed by atoms with Crippen LogP contribution in [0.2, 0.25) is 0 Å². The predicted octanol–water partition coefficient (Wildman–Crippen LogP) is 2.08. The highest BCUT2D eigenvalue weighted by atomic mass is 19.4. The summed E-state index contributed by atoms with van der Waals surface area (Å²) in [5, 5.41) is 8.92. The van der Waals surface area contributed by atoms with Gasteiger partial charge in [-0.2, -0.15) is 13.2 Å². The van der Waals surface area contributed by atoms with Gasteiger partial charge in [0.2, 0.25) is 0 Å². The van der Waals surface area contributed by atoms with Crippen LogP contribution in [0.3, 0.4) is 0 Å². The molecule has 5 heteroatoms. The van der Waals surface area contributed by atoms with Crippen molar-refractivity contribution in [1.82, 2.24) is 0 Å². The lowest BCUT2D eigenvalue weighted by Crippen LogP contribution is -2.43. The average molecular weight is 219 g/mol. The Bertz CT molecular complexity index is 351. The van der Waals surface area contributed by atoms with Crippen LogP contribution in [0.4, 0.5) is 18.9 Å². The van der Waals surface area contributed by atoms with E-state index in [0.29, 0.717) is 0 Å². The summed E-state index contributed by atoms with van der Waals surface area (Å²) in [5.41, 5.74) is 3.10. The zero-order valence-corrected chi connectivity index (χ0v) is 8.17. The molecule has 0 aromatic heterocycles. The van der Waals surface area contributed by atoms with E-state index >= 15 is 0 Å². The van der Waals surface area contributed by atoms with Gasteiger partial charge in [0, 0.05) is 5.69 Å². The van der Waals surface area contributed by atoms with Crippen molar-refractivity contribution in [3.63, 3.8) is 0 Å². The molecule has 0 spiro atoms. The summed E-state index contributed by atoms with van der Waals surface area (Å²) in [5.74, 6) is 0. The lowest BCUT2D eigenvalue weighted by Gasteiger charge is -2.31. The maximum atomic E-state index is 12.8. The van der Waals surface area contributed by atoms with Crippen LogP contribution in [0.25, 0.3) is 0 Å². The molecule has 1 aromatic rings. The summed E-state index contributed by atoms with van der Waals surface area (Å²) in [7, 11) is 0. The lowest BCUT2D eigenvalue weighted by molar-refractivity contribution is -0.195. The third-order valence-corrected chi connectivity index (χ3v) is 2.50. The van der Waals surface area contributed by atoms with E-state index in [0.717, 1.165) is 6.92 Å². The molecule has 3 N–H and O–H groups in total. The smallest absolute Gasteiger partial charge is 0.398 e. The SMILES string of the molecule is CC(CO)(c1ccccc1N)C(F)(F)F. The molecule has 84 valence electrons. The fourth-order valence-corrected chi connectivity index (χ4v) is 1.33. The first-order chi connectivity index (χ1) is 6.83. The molecular formula is C10H12F3NO. The molecule has 0 saturated heterocycles. The number of hydrogen-bond donors (Lipinski definition) is 2. The molecule has 15 heavy (non-hydrogen) atoms. The Labute approximate surface area is 85.5 Å². The molecule has 0 aliphatic rings. The van der Waals surface area contributed by atoms with Crippen LogP contribution in [0.1, 0.15) is 12.5 Å². The van der Waals surface area contributed by atoms with Gasteiger partial charge in [0.1, 0.15) is 5.41 Å². The Morgan fingerprint density at radius 3 is 2.20 bits per heavy atom. The number of para-hydroxylation sites is 1. The largest absolute Gasteiger partial charge is 0.400 e. The normalized spacial score (nSPS) is 16.1. The summed E-state index contributed by atoms with van der Waals surface area (Å²) in [6, 6.07) is 5.67. The molecule has 1 aromatic carbocycles. The topological polar surface area (TPSA) is 46.2 Å². The highest BCUT2D eigenvalue weighted by Gasteiger charge is 2.52. The number of halogens is 3. The first kappa shape index (κ1) is 11.8. The Kier molecular flexibility index (Phi) is 2.95. The number of nitrogens with two attached hydrogens (primary N) is 1. The first-order valence-corrected chi connectivity index (χ1v) is 4.35. The van der Waals surface area contributed by atoms with Gasteiger partial charge >= 0.3 is 6.18 Å². The van der Waals surface area contributed by atoms with E-state index in [9.17, 15) is 13.2 Å².